The van der Waals surface area contributed by atoms with Gasteiger partial charge in [-0.3, -0.25) is 0 Å². The zero-order chi connectivity index (χ0) is 8.43. The Morgan fingerprint density at radius 1 is 1.64 bits per heavy atom. The molecule has 1 rings (SSSR count). The molecule has 0 radical (unpaired) electrons. The molecule has 0 amide bonds. The van der Waals surface area contributed by atoms with Crippen molar-refractivity contribution in [1.29, 1.82) is 0 Å². The summed E-state index contributed by atoms with van der Waals surface area (Å²) in [6, 6.07) is 0.0177. The first-order valence-corrected chi connectivity index (χ1v) is 3.36. The molecule has 0 aromatic heterocycles. The van der Waals surface area contributed by atoms with Crippen LogP contribution in [0.25, 0.3) is 0 Å². The summed E-state index contributed by atoms with van der Waals surface area (Å²) in [5.41, 5.74) is 1.22. The Morgan fingerprint density at radius 3 is 2.64 bits per heavy atom. The SMILES string of the molecule is COC(=O)C1=C(C)[C@@H](C)N=N1. The normalized spacial score (nSPS) is 22.6. The van der Waals surface area contributed by atoms with Crippen molar-refractivity contribution in [1.82, 2.24) is 0 Å². The number of methoxy groups -OCH3 is 1. The predicted octanol–water partition coefficient (Wildman–Crippen LogP) is 1.29. The van der Waals surface area contributed by atoms with Crippen molar-refractivity contribution in [2.45, 2.75) is 19.9 Å². The van der Waals surface area contributed by atoms with Gasteiger partial charge in [0.2, 0.25) is 0 Å². The molecule has 0 bridgehead atoms. The summed E-state index contributed by atoms with van der Waals surface area (Å²) in [6.45, 7) is 3.71. The summed E-state index contributed by atoms with van der Waals surface area (Å²) in [5.74, 6) is -0.407. The maximum atomic E-state index is 10.9. The Labute approximate surface area is 65.0 Å². The second kappa shape index (κ2) is 2.82. The van der Waals surface area contributed by atoms with E-state index in [1.165, 1.54) is 7.11 Å². The van der Waals surface area contributed by atoms with Crippen LogP contribution in [0.2, 0.25) is 0 Å². The van der Waals surface area contributed by atoms with Gasteiger partial charge in [-0.15, -0.1) is 5.11 Å². The van der Waals surface area contributed by atoms with Crippen LogP contribution >= 0.6 is 0 Å². The first-order valence-electron chi connectivity index (χ1n) is 3.36. The molecule has 0 aliphatic carbocycles. The predicted molar refractivity (Wildman–Crippen MR) is 39.0 cm³/mol. The van der Waals surface area contributed by atoms with E-state index in [1.54, 1.807) is 0 Å². The highest BCUT2D eigenvalue weighted by molar-refractivity contribution is 5.89. The molecular weight excluding hydrogens is 144 g/mol. The zero-order valence-corrected chi connectivity index (χ0v) is 6.79. The van der Waals surface area contributed by atoms with Gasteiger partial charge in [-0.2, -0.15) is 5.11 Å². The minimum atomic E-state index is -0.407. The number of azo groups is 1. The van der Waals surface area contributed by atoms with Crippen molar-refractivity contribution in [2.24, 2.45) is 10.2 Å². The molecule has 0 N–H and O–H groups in total. The molecule has 1 aliphatic heterocycles. The number of carbonyl (C=O) groups excluding carboxylic acids is 1. The van der Waals surface area contributed by atoms with Crippen molar-refractivity contribution in [2.75, 3.05) is 7.11 Å². The average molecular weight is 154 g/mol. The van der Waals surface area contributed by atoms with Crippen molar-refractivity contribution in [3.05, 3.63) is 11.3 Å². The molecule has 0 saturated heterocycles. The van der Waals surface area contributed by atoms with Crippen LogP contribution in [0, 0.1) is 0 Å². The lowest BCUT2D eigenvalue weighted by atomic mass is 10.1. The zero-order valence-electron chi connectivity index (χ0n) is 6.79. The lowest BCUT2D eigenvalue weighted by molar-refractivity contribution is -0.136. The molecule has 0 unspecified atom stereocenters. The highest BCUT2D eigenvalue weighted by atomic mass is 16.5. The van der Waals surface area contributed by atoms with Crippen LogP contribution in [0.15, 0.2) is 21.5 Å². The third kappa shape index (κ3) is 1.29. The van der Waals surface area contributed by atoms with Gasteiger partial charge in [0.05, 0.1) is 13.2 Å². The van der Waals surface area contributed by atoms with E-state index >= 15 is 0 Å². The molecule has 1 aliphatic rings. The Bertz CT molecular complexity index is 243. The molecule has 4 heteroatoms. The molecule has 60 valence electrons. The van der Waals surface area contributed by atoms with Crippen LogP contribution in [0.1, 0.15) is 13.8 Å². The van der Waals surface area contributed by atoms with Crippen LogP contribution in [-0.4, -0.2) is 19.1 Å². The first kappa shape index (κ1) is 7.91. The molecule has 1 atom stereocenters. The first-order chi connectivity index (χ1) is 5.16. The summed E-state index contributed by atoms with van der Waals surface area (Å²) in [4.78, 5) is 10.9. The minimum Gasteiger partial charge on any atom is -0.464 e. The van der Waals surface area contributed by atoms with Gasteiger partial charge in [0.25, 0.3) is 0 Å². The average Bonchev–Trinajstić information content (AvgIpc) is 2.32. The summed E-state index contributed by atoms with van der Waals surface area (Å²) < 4.78 is 4.50. The number of hydrogen-bond donors (Lipinski definition) is 0. The van der Waals surface area contributed by atoms with Gasteiger partial charge < -0.3 is 4.74 Å². The fraction of sp³-hybridized carbons (Fsp3) is 0.571. The third-order valence-electron chi connectivity index (χ3n) is 1.71. The van der Waals surface area contributed by atoms with Crippen molar-refractivity contribution in [3.63, 3.8) is 0 Å². The fourth-order valence-electron chi connectivity index (χ4n) is 0.806. The van der Waals surface area contributed by atoms with E-state index < -0.39 is 5.97 Å². The van der Waals surface area contributed by atoms with Crippen LogP contribution in [0.3, 0.4) is 0 Å². The molecule has 4 nitrogen and oxygen atoms in total. The van der Waals surface area contributed by atoms with Gasteiger partial charge in [-0.25, -0.2) is 4.79 Å². The van der Waals surface area contributed by atoms with E-state index in [0.717, 1.165) is 5.57 Å². The lowest BCUT2D eigenvalue weighted by Gasteiger charge is -1.98. The van der Waals surface area contributed by atoms with Gasteiger partial charge in [0.1, 0.15) is 0 Å². The molecule has 0 aromatic carbocycles. The van der Waals surface area contributed by atoms with Gasteiger partial charge in [0, 0.05) is 0 Å². The van der Waals surface area contributed by atoms with E-state index in [1.807, 2.05) is 13.8 Å². The van der Waals surface area contributed by atoms with Crippen molar-refractivity contribution >= 4 is 5.97 Å². The Balaban J connectivity index is 2.88. The third-order valence-corrected chi connectivity index (χ3v) is 1.71. The van der Waals surface area contributed by atoms with E-state index in [2.05, 4.69) is 15.0 Å². The maximum absolute atomic E-state index is 10.9. The molecular formula is C7H10N2O2. The fourth-order valence-corrected chi connectivity index (χ4v) is 0.806. The number of ether oxygens (including phenoxy) is 1. The van der Waals surface area contributed by atoms with Crippen LogP contribution in [-0.2, 0) is 9.53 Å². The van der Waals surface area contributed by atoms with Gasteiger partial charge >= 0.3 is 5.97 Å². The summed E-state index contributed by atoms with van der Waals surface area (Å²) in [7, 11) is 1.33. The van der Waals surface area contributed by atoms with Gasteiger partial charge in [-0.1, -0.05) is 0 Å². The molecule has 0 fully saturated rings. The topological polar surface area (TPSA) is 51.0 Å². The number of rotatable bonds is 1. The number of nitrogens with zero attached hydrogens (tertiary/aromatic N) is 2. The van der Waals surface area contributed by atoms with E-state index in [0.29, 0.717) is 5.70 Å². The summed E-state index contributed by atoms with van der Waals surface area (Å²) in [6.07, 6.45) is 0. The van der Waals surface area contributed by atoms with Crippen LogP contribution in [0.5, 0.6) is 0 Å². The van der Waals surface area contributed by atoms with Crippen LogP contribution in [0.4, 0.5) is 0 Å². The molecule has 0 aromatic rings. The second-order valence-corrected chi connectivity index (χ2v) is 2.41. The van der Waals surface area contributed by atoms with Crippen molar-refractivity contribution in [3.8, 4) is 0 Å². The minimum absolute atomic E-state index is 0.0177. The highest BCUT2D eigenvalue weighted by Crippen LogP contribution is 2.21. The molecule has 11 heavy (non-hydrogen) atoms. The smallest absolute Gasteiger partial charge is 0.358 e. The van der Waals surface area contributed by atoms with E-state index in [9.17, 15) is 4.79 Å². The lowest BCUT2D eigenvalue weighted by Crippen LogP contribution is -2.05. The molecule has 0 saturated carbocycles. The number of carbonyl (C=O) groups is 1. The Kier molecular flexibility index (Phi) is 2.03. The Hall–Kier alpha value is -1.19. The van der Waals surface area contributed by atoms with Gasteiger partial charge in [0.15, 0.2) is 5.70 Å². The van der Waals surface area contributed by atoms with Gasteiger partial charge in [-0.05, 0) is 19.4 Å². The van der Waals surface area contributed by atoms with Crippen molar-refractivity contribution < 1.29 is 9.53 Å². The number of esters is 1. The van der Waals surface area contributed by atoms with E-state index in [-0.39, 0.29) is 6.04 Å². The largest absolute Gasteiger partial charge is 0.464 e. The monoisotopic (exact) mass is 154 g/mol. The highest BCUT2D eigenvalue weighted by Gasteiger charge is 2.21. The Morgan fingerprint density at radius 2 is 2.27 bits per heavy atom. The molecule has 0 spiro atoms. The quantitative estimate of drug-likeness (QED) is 0.534. The molecule has 1 heterocycles. The standard InChI is InChI=1S/C7H10N2O2/c1-4-5(2)8-9-6(4)7(10)11-3/h5H,1-3H3/t5-/m1/s1. The number of hydrogen-bond acceptors (Lipinski definition) is 4. The summed E-state index contributed by atoms with van der Waals surface area (Å²) in [5, 5.41) is 7.52. The maximum Gasteiger partial charge on any atom is 0.358 e. The second-order valence-electron chi connectivity index (χ2n) is 2.41. The van der Waals surface area contributed by atoms with E-state index in [4.69, 9.17) is 0 Å². The van der Waals surface area contributed by atoms with Crippen LogP contribution < -0.4 is 0 Å². The summed E-state index contributed by atoms with van der Waals surface area (Å²) >= 11 is 0.